The van der Waals surface area contributed by atoms with Crippen molar-refractivity contribution in [2.24, 2.45) is 65.0 Å². The summed E-state index contributed by atoms with van der Waals surface area (Å²) in [6.45, 7) is 58.1. The molecule has 0 aromatic carbocycles. The van der Waals surface area contributed by atoms with Gasteiger partial charge in [-0.1, -0.05) is 706 Å². The maximum absolute atomic E-state index is 2.53. The van der Waals surface area contributed by atoms with Crippen molar-refractivity contribution in [2.45, 2.75) is 898 Å². The van der Waals surface area contributed by atoms with Crippen LogP contribution in [0.2, 0.25) is 0 Å². The van der Waals surface area contributed by atoms with E-state index in [1.54, 1.807) is 0 Å². The van der Waals surface area contributed by atoms with Crippen LogP contribution in [-0.4, -0.2) is 0 Å². The Labute approximate surface area is 956 Å². The van der Waals surface area contributed by atoms with Crippen molar-refractivity contribution in [2.75, 3.05) is 0 Å². The molecular formula is C150H300. The topological polar surface area (TPSA) is 0 Å². The third-order valence-electron chi connectivity index (χ3n) is 44.0. The van der Waals surface area contributed by atoms with Crippen LogP contribution in [0.3, 0.4) is 0 Å². The molecule has 0 heteroatoms. The quantitative estimate of drug-likeness (QED) is 0.128. The van der Waals surface area contributed by atoms with Gasteiger partial charge in [0.25, 0.3) is 0 Å². The molecule has 0 unspecified atom stereocenters. The minimum absolute atomic E-state index is 0.678. The minimum Gasteiger partial charge on any atom is -0.0654 e. The first-order chi connectivity index (χ1) is 72.2. The fourth-order valence-electron chi connectivity index (χ4n) is 30.5. The van der Waals surface area contributed by atoms with Crippen LogP contribution in [0.5, 0.6) is 0 Å². The Balaban J connectivity index is 0.000000819. The van der Waals surface area contributed by atoms with Gasteiger partial charge >= 0.3 is 0 Å². The van der Waals surface area contributed by atoms with Crippen LogP contribution in [0.25, 0.3) is 0 Å². The molecule has 0 amide bonds. The zero-order valence-corrected chi connectivity index (χ0v) is 111. The van der Waals surface area contributed by atoms with Gasteiger partial charge in [-0.3, -0.25) is 0 Å². The van der Waals surface area contributed by atoms with Gasteiger partial charge in [0.05, 0.1) is 0 Å². The molecule has 12 rings (SSSR count). The molecule has 12 saturated carbocycles. The van der Waals surface area contributed by atoms with E-state index in [1.165, 1.54) is 732 Å². The SMILES string of the molecule is CCC1(C)CCCCCCC1.CCC1(C)CCCCCCC1.CCC1(C)CCCCCCCC1.CCC1(C)CCCCCCCC1.CCC1(C)CCCCCCCCC1.CCC1(C)CCCCCCCCC1.CCCC1(C)CCCCCCC1.CCCC1(C)CCCCCCC1.CCCC1(C)CCCCCCCC1.CCCC1(C)CCCCCCCC1.CCCC1(C)CCCCCCCCC1.CCCC1(C)CCCCCCCCC1. The first-order valence-electron chi connectivity index (χ1n) is 72.2. The van der Waals surface area contributed by atoms with Crippen molar-refractivity contribution in [1.82, 2.24) is 0 Å². The minimum atomic E-state index is 0.678. The Morgan fingerprint density at radius 2 is 0.133 bits per heavy atom. The standard InChI is InChI=1S/2C14H28.4C13H26.4C12H24.2C11H22/c2*1-3-11-14(2)12-9-7-5-4-6-8-10-13-14;2*1-3-13(2)11-9-7-5-4-6-8-10-12-13;2*1-3-10-13(2)11-8-6-4-5-7-9-12-13;2*1-3-12(2)10-8-6-4-5-7-9-11-12;2*1-3-9-12(2)10-7-5-4-6-8-11-12;2*1-3-11(2)9-7-5-4-6-8-10-11/h2*3-13H2,1-2H3;4*3-12H2,1-2H3;4*3-11H2,1-2H3;2*3-10H2,1-2H3. The predicted molar refractivity (Wildman–Crippen MR) is 692 cm³/mol. The summed E-state index contributed by atoms with van der Waals surface area (Å²) in [6.07, 6.45) is 168. The fourth-order valence-corrected chi connectivity index (χ4v) is 30.5. The second kappa shape index (κ2) is 94.3. The summed E-state index contributed by atoms with van der Waals surface area (Å²) in [5.41, 5.74) is 8.28. The van der Waals surface area contributed by atoms with Gasteiger partial charge < -0.3 is 0 Å². The smallest absolute Gasteiger partial charge is 0.0326 e. The molecule has 0 aromatic heterocycles. The van der Waals surface area contributed by atoms with Crippen LogP contribution in [0.15, 0.2) is 0 Å². The summed E-state index contributed by atoms with van der Waals surface area (Å²) in [7, 11) is 0. The van der Waals surface area contributed by atoms with Crippen molar-refractivity contribution >= 4 is 0 Å². The van der Waals surface area contributed by atoms with E-state index < -0.39 is 0 Å². The van der Waals surface area contributed by atoms with Crippen molar-refractivity contribution < 1.29 is 0 Å². The van der Waals surface area contributed by atoms with Gasteiger partial charge in [0, 0.05) is 0 Å². The largest absolute Gasteiger partial charge is 0.0654 e. The lowest BCUT2D eigenvalue weighted by Gasteiger charge is -2.31. The third-order valence-corrected chi connectivity index (χ3v) is 44.0. The molecule has 0 aromatic rings. The van der Waals surface area contributed by atoms with Crippen molar-refractivity contribution in [1.29, 1.82) is 0 Å². The molecule has 12 fully saturated rings. The molecule has 0 spiro atoms. The average molecular weight is 2100 g/mol. The molecule has 0 saturated heterocycles. The predicted octanol–water partition coefficient (Wildman–Crippen LogP) is 56.8. The lowest BCUT2D eigenvalue weighted by molar-refractivity contribution is 0.216. The second-order valence-electron chi connectivity index (χ2n) is 59.8. The van der Waals surface area contributed by atoms with Crippen LogP contribution in [0.1, 0.15) is 898 Å². The summed E-state index contributed by atoms with van der Waals surface area (Å²) in [4.78, 5) is 0. The second-order valence-corrected chi connectivity index (χ2v) is 59.8. The highest BCUT2D eigenvalue weighted by atomic mass is 14.4. The molecule has 150 heavy (non-hydrogen) atoms. The van der Waals surface area contributed by atoms with E-state index in [4.69, 9.17) is 0 Å². The third kappa shape index (κ3) is 81.6. The number of rotatable bonds is 18. The zero-order chi connectivity index (χ0) is 111. The number of hydrogen-bond donors (Lipinski definition) is 0. The number of hydrogen-bond acceptors (Lipinski definition) is 0. The first-order valence-corrected chi connectivity index (χ1v) is 72.2. The van der Waals surface area contributed by atoms with E-state index in [9.17, 15) is 0 Å². The maximum atomic E-state index is 2.53. The Hall–Kier alpha value is 0. The van der Waals surface area contributed by atoms with Crippen LogP contribution in [0.4, 0.5) is 0 Å². The Morgan fingerprint density at radius 3 is 0.187 bits per heavy atom. The molecule has 0 atom stereocenters. The van der Waals surface area contributed by atoms with Gasteiger partial charge in [0.15, 0.2) is 0 Å². The van der Waals surface area contributed by atoms with Crippen molar-refractivity contribution in [3.05, 3.63) is 0 Å². The van der Waals surface area contributed by atoms with E-state index in [2.05, 4.69) is 166 Å². The van der Waals surface area contributed by atoms with Gasteiger partial charge in [-0.25, -0.2) is 0 Å². The highest BCUT2D eigenvalue weighted by Gasteiger charge is 2.33. The van der Waals surface area contributed by atoms with Crippen LogP contribution in [0, 0.1) is 65.0 Å². The molecule has 12 aliphatic rings. The average Bonchev–Trinajstić information content (AvgIpc) is 1.44. The monoisotopic (exact) mass is 2100 g/mol. The maximum Gasteiger partial charge on any atom is -0.0326 e. The Bertz CT molecular complexity index is 2480. The van der Waals surface area contributed by atoms with E-state index in [1.807, 2.05) is 0 Å². The molecule has 900 valence electrons. The molecule has 0 aliphatic heterocycles. The summed E-state index contributed by atoms with van der Waals surface area (Å²) in [5.74, 6) is 0. The molecule has 12 aliphatic carbocycles. The van der Waals surface area contributed by atoms with Crippen molar-refractivity contribution in [3.8, 4) is 0 Å². The van der Waals surface area contributed by atoms with Crippen molar-refractivity contribution in [3.63, 3.8) is 0 Å². The van der Waals surface area contributed by atoms with Crippen LogP contribution >= 0.6 is 0 Å². The lowest BCUT2D eigenvalue weighted by Crippen LogP contribution is -2.17. The van der Waals surface area contributed by atoms with Gasteiger partial charge in [-0.15, -0.1) is 0 Å². The molecular weight excluding hydrogens is 1800 g/mol. The lowest BCUT2D eigenvalue weighted by atomic mass is 9.75. The van der Waals surface area contributed by atoms with E-state index in [-0.39, 0.29) is 0 Å². The Kier molecular flexibility index (Phi) is 93.1. The summed E-state index contributed by atoms with van der Waals surface area (Å²) < 4.78 is 0. The van der Waals surface area contributed by atoms with Gasteiger partial charge in [-0.2, -0.15) is 0 Å². The van der Waals surface area contributed by atoms with E-state index >= 15 is 0 Å². The van der Waals surface area contributed by atoms with Gasteiger partial charge in [0.1, 0.15) is 0 Å². The highest BCUT2D eigenvalue weighted by molar-refractivity contribution is 4.86. The van der Waals surface area contributed by atoms with Gasteiger partial charge in [0.2, 0.25) is 0 Å². The van der Waals surface area contributed by atoms with Gasteiger partial charge in [-0.05, 0) is 258 Å². The molecule has 0 radical (unpaired) electrons. The zero-order valence-electron chi connectivity index (χ0n) is 111. The summed E-state index contributed by atoms with van der Waals surface area (Å²) in [6, 6.07) is 0. The van der Waals surface area contributed by atoms with E-state index in [0.29, 0.717) is 65.0 Å². The first kappa shape index (κ1) is 148. The highest BCUT2D eigenvalue weighted by Crippen LogP contribution is 2.48. The molecule has 0 heterocycles. The summed E-state index contributed by atoms with van der Waals surface area (Å²) in [5, 5.41) is 0. The van der Waals surface area contributed by atoms with Crippen LogP contribution < -0.4 is 0 Å². The molecule has 0 N–H and O–H groups in total. The van der Waals surface area contributed by atoms with Crippen LogP contribution in [-0.2, 0) is 0 Å². The Morgan fingerprint density at radius 1 is 0.0800 bits per heavy atom. The summed E-state index contributed by atoms with van der Waals surface area (Å²) >= 11 is 0. The molecule has 0 nitrogen and oxygen atoms in total. The normalized spacial score (nSPS) is 25.0. The fraction of sp³-hybridized carbons (Fsp3) is 1.00. The molecule has 0 bridgehead atoms. The van der Waals surface area contributed by atoms with E-state index in [0.717, 1.165) is 0 Å².